The first-order valence-corrected chi connectivity index (χ1v) is 10.5. The lowest BCUT2D eigenvalue weighted by molar-refractivity contribution is 0.0364. The first-order chi connectivity index (χ1) is 13.7. The molecule has 1 atom stereocenters. The lowest BCUT2D eigenvalue weighted by atomic mass is 10.2. The van der Waals surface area contributed by atoms with Crippen molar-refractivity contribution in [1.29, 1.82) is 0 Å². The van der Waals surface area contributed by atoms with Crippen LogP contribution in [-0.2, 0) is 4.74 Å². The van der Waals surface area contributed by atoms with Gasteiger partial charge >= 0.3 is 6.03 Å². The summed E-state index contributed by atoms with van der Waals surface area (Å²) in [4.78, 5) is 19.3. The fourth-order valence-corrected chi connectivity index (χ4v) is 3.61. The van der Waals surface area contributed by atoms with E-state index in [4.69, 9.17) is 4.74 Å². The molecule has 28 heavy (non-hydrogen) atoms. The number of urea groups is 1. The molecule has 2 saturated heterocycles. The van der Waals surface area contributed by atoms with E-state index in [0.717, 1.165) is 72.0 Å². The minimum atomic E-state index is 0.0777. The van der Waals surface area contributed by atoms with Gasteiger partial charge in [-0.25, -0.2) is 4.79 Å². The van der Waals surface area contributed by atoms with Crippen LogP contribution in [-0.4, -0.2) is 92.3 Å². The van der Waals surface area contributed by atoms with Crippen LogP contribution in [0.15, 0.2) is 36.4 Å². The van der Waals surface area contributed by atoms with Gasteiger partial charge in [-0.05, 0) is 18.9 Å². The fourth-order valence-electron chi connectivity index (χ4n) is 3.61. The third kappa shape index (κ3) is 6.93. The smallest absolute Gasteiger partial charge is 0.317 e. The van der Waals surface area contributed by atoms with Gasteiger partial charge in [-0.2, -0.15) is 0 Å². The minimum absolute atomic E-state index is 0.0777. The number of benzene rings is 1. The van der Waals surface area contributed by atoms with Crippen molar-refractivity contribution in [3.63, 3.8) is 0 Å². The molecule has 1 N–H and O–H groups in total. The number of hydrogen-bond acceptors (Lipinski definition) is 4. The molecule has 2 fully saturated rings. The number of morpholine rings is 1. The highest BCUT2D eigenvalue weighted by atomic mass is 16.5. The maximum atomic E-state index is 12.5. The van der Waals surface area contributed by atoms with Gasteiger partial charge in [0, 0.05) is 58.4 Å². The van der Waals surface area contributed by atoms with Gasteiger partial charge in [-0.3, -0.25) is 9.80 Å². The molecule has 6 heteroatoms. The maximum absolute atomic E-state index is 12.5. The second-order valence-corrected chi connectivity index (χ2v) is 7.69. The zero-order valence-corrected chi connectivity index (χ0v) is 17.1. The van der Waals surface area contributed by atoms with E-state index in [2.05, 4.69) is 58.5 Å². The number of amides is 2. The average molecular weight is 387 g/mol. The third-order valence-electron chi connectivity index (χ3n) is 5.48. The Kier molecular flexibility index (Phi) is 8.33. The number of ether oxygens (including phenoxy) is 1. The number of nitrogens with zero attached hydrogens (tertiary/aromatic N) is 3. The second kappa shape index (κ2) is 11.2. The molecule has 154 valence electrons. The first kappa shape index (κ1) is 20.8. The molecule has 1 unspecified atom stereocenters. The van der Waals surface area contributed by atoms with Crippen LogP contribution >= 0.6 is 0 Å². The van der Waals surface area contributed by atoms with Crippen LogP contribution in [0.1, 0.15) is 18.9 Å². The van der Waals surface area contributed by atoms with E-state index in [1.165, 1.54) is 5.56 Å². The van der Waals surface area contributed by atoms with Crippen molar-refractivity contribution in [2.75, 3.05) is 65.6 Å². The Hall–Kier alpha value is -1.89. The highest BCUT2D eigenvalue weighted by Crippen LogP contribution is 2.06. The predicted molar refractivity (Wildman–Crippen MR) is 113 cm³/mol. The van der Waals surface area contributed by atoms with Crippen LogP contribution in [0, 0.1) is 0 Å². The molecule has 2 aliphatic heterocycles. The molecule has 2 heterocycles. The second-order valence-electron chi connectivity index (χ2n) is 7.69. The van der Waals surface area contributed by atoms with Gasteiger partial charge in [0.2, 0.25) is 0 Å². The van der Waals surface area contributed by atoms with Crippen molar-refractivity contribution in [2.45, 2.75) is 19.4 Å². The Morgan fingerprint density at radius 2 is 1.79 bits per heavy atom. The summed E-state index contributed by atoms with van der Waals surface area (Å²) in [6, 6.07) is 10.6. The number of hydrogen-bond donors (Lipinski definition) is 1. The molecule has 0 aliphatic carbocycles. The molecule has 0 spiro atoms. The summed E-state index contributed by atoms with van der Waals surface area (Å²) in [5.74, 6) is 0. The summed E-state index contributed by atoms with van der Waals surface area (Å²) in [5.41, 5.74) is 1.23. The Balaban J connectivity index is 1.31. The van der Waals surface area contributed by atoms with Crippen LogP contribution in [0.3, 0.4) is 0 Å². The molecule has 3 rings (SSSR count). The summed E-state index contributed by atoms with van der Waals surface area (Å²) in [5, 5.41) is 3.17. The molecule has 0 radical (unpaired) electrons. The highest BCUT2D eigenvalue weighted by Gasteiger charge is 2.21. The van der Waals surface area contributed by atoms with Crippen molar-refractivity contribution in [3.05, 3.63) is 42.0 Å². The average Bonchev–Trinajstić information content (AvgIpc) is 2.74. The summed E-state index contributed by atoms with van der Waals surface area (Å²) >= 11 is 0. The number of carbonyl (C=O) groups is 1. The zero-order chi connectivity index (χ0) is 19.6. The predicted octanol–water partition coefficient (Wildman–Crippen LogP) is 2.14. The van der Waals surface area contributed by atoms with Gasteiger partial charge in [0.25, 0.3) is 0 Å². The monoisotopic (exact) mass is 386 g/mol. The van der Waals surface area contributed by atoms with Crippen molar-refractivity contribution in [3.8, 4) is 0 Å². The largest absolute Gasteiger partial charge is 0.379 e. The zero-order valence-electron chi connectivity index (χ0n) is 17.1. The Bertz CT molecular complexity index is 608. The van der Waals surface area contributed by atoms with Crippen molar-refractivity contribution in [1.82, 2.24) is 20.0 Å². The minimum Gasteiger partial charge on any atom is -0.379 e. The number of rotatable bonds is 7. The standard InChI is InChI=1S/C22H34N4O2/c1-20(9-11-25-16-18-28-19-17-25)23-22(27)26-14-12-24(13-15-26)10-5-8-21-6-3-2-4-7-21/h2-8,20H,9-19H2,1H3,(H,23,27)/b8-5+. The SMILES string of the molecule is CC(CCN1CCOCC1)NC(=O)N1CCN(C/C=C/c2ccccc2)CC1. The molecule has 0 bridgehead atoms. The molecular weight excluding hydrogens is 352 g/mol. The number of piperazine rings is 1. The molecule has 0 aromatic heterocycles. The van der Waals surface area contributed by atoms with E-state index in [1.807, 2.05) is 11.0 Å². The summed E-state index contributed by atoms with van der Waals surface area (Å²) < 4.78 is 5.38. The topological polar surface area (TPSA) is 48.1 Å². The molecule has 2 aliphatic rings. The van der Waals surface area contributed by atoms with Gasteiger partial charge in [0.05, 0.1) is 13.2 Å². The van der Waals surface area contributed by atoms with E-state index in [0.29, 0.717) is 0 Å². The van der Waals surface area contributed by atoms with Crippen molar-refractivity contribution < 1.29 is 9.53 Å². The van der Waals surface area contributed by atoms with Crippen LogP contribution in [0.2, 0.25) is 0 Å². The van der Waals surface area contributed by atoms with Gasteiger partial charge in [-0.1, -0.05) is 42.5 Å². The Morgan fingerprint density at radius 3 is 2.50 bits per heavy atom. The molecule has 6 nitrogen and oxygen atoms in total. The van der Waals surface area contributed by atoms with E-state index in [1.54, 1.807) is 0 Å². The summed E-state index contributed by atoms with van der Waals surface area (Å²) in [6.07, 6.45) is 5.35. The number of carbonyl (C=O) groups excluding carboxylic acids is 1. The fraction of sp³-hybridized carbons (Fsp3) is 0.591. The van der Waals surface area contributed by atoms with Gasteiger partial charge in [0.1, 0.15) is 0 Å². The van der Waals surface area contributed by atoms with Crippen LogP contribution in [0.5, 0.6) is 0 Å². The molecule has 1 aromatic rings. The molecular formula is C22H34N4O2. The van der Waals surface area contributed by atoms with Gasteiger partial charge in [0.15, 0.2) is 0 Å². The third-order valence-corrected chi connectivity index (χ3v) is 5.48. The Labute approximate surface area is 169 Å². The van der Waals surface area contributed by atoms with Crippen molar-refractivity contribution in [2.24, 2.45) is 0 Å². The van der Waals surface area contributed by atoms with Crippen LogP contribution in [0.25, 0.3) is 6.08 Å². The van der Waals surface area contributed by atoms with Crippen LogP contribution < -0.4 is 5.32 Å². The molecule has 1 aromatic carbocycles. The highest BCUT2D eigenvalue weighted by molar-refractivity contribution is 5.74. The van der Waals surface area contributed by atoms with E-state index >= 15 is 0 Å². The van der Waals surface area contributed by atoms with Gasteiger partial charge < -0.3 is 15.0 Å². The Morgan fingerprint density at radius 1 is 1.07 bits per heavy atom. The maximum Gasteiger partial charge on any atom is 0.317 e. The molecule has 2 amide bonds. The van der Waals surface area contributed by atoms with E-state index < -0.39 is 0 Å². The molecule has 0 saturated carbocycles. The summed E-state index contributed by atoms with van der Waals surface area (Å²) in [7, 11) is 0. The van der Waals surface area contributed by atoms with Crippen molar-refractivity contribution >= 4 is 12.1 Å². The lowest BCUT2D eigenvalue weighted by Crippen LogP contribution is -2.53. The van der Waals surface area contributed by atoms with Crippen LogP contribution in [0.4, 0.5) is 4.79 Å². The normalized spacial score (nSPS) is 20.4. The van der Waals surface area contributed by atoms with E-state index in [9.17, 15) is 4.79 Å². The number of nitrogens with one attached hydrogen (secondary N) is 1. The summed E-state index contributed by atoms with van der Waals surface area (Å²) in [6.45, 7) is 11.1. The first-order valence-electron chi connectivity index (χ1n) is 10.5. The lowest BCUT2D eigenvalue weighted by Gasteiger charge is -2.35. The quantitative estimate of drug-likeness (QED) is 0.780. The van der Waals surface area contributed by atoms with Gasteiger partial charge in [-0.15, -0.1) is 0 Å². The van der Waals surface area contributed by atoms with E-state index in [-0.39, 0.29) is 12.1 Å².